The van der Waals surface area contributed by atoms with Crippen molar-refractivity contribution in [1.82, 2.24) is 15.5 Å². The van der Waals surface area contributed by atoms with Crippen LogP contribution in [0.5, 0.6) is 0 Å². The van der Waals surface area contributed by atoms with Gasteiger partial charge in [0.25, 0.3) is 5.91 Å². The van der Waals surface area contributed by atoms with Gasteiger partial charge in [-0.1, -0.05) is 42.5 Å². The quantitative estimate of drug-likeness (QED) is 0.726. The molecule has 29 heavy (non-hydrogen) atoms. The molecule has 4 heteroatoms. The van der Waals surface area contributed by atoms with Gasteiger partial charge in [-0.25, -0.2) is 0 Å². The molecule has 1 unspecified atom stereocenters. The van der Waals surface area contributed by atoms with Gasteiger partial charge in [-0.2, -0.15) is 0 Å². The molecule has 0 bridgehead atoms. The highest BCUT2D eigenvalue weighted by atomic mass is 16.1. The van der Waals surface area contributed by atoms with E-state index in [0.29, 0.717) is 12.0 Å². The highest BCUT2D eigenvalue weighted by molar-refractivity contribution is 5.94. The Labute approximate surface area is 173 Å². The van der Waals surface area contributed by atoms with Gasteiger partial charge < -0.3 is 10.6 Å². The van der Waals surface area contributed by atoms with Crippen LogP contribution in [-0.4, -0.2) is 42.5 Å². The Kier molecular flexibility index (Phi) is 5.38. The van der Waals surface area contributed by atoms with Crippen LogP contribution in [0.2, 0.25) is 0 Å². The molecule has 2 aromatic carbocycles. The van der Waals surface area contributed by atoms with Gasteiger partial charge in [0.15, 0.2) is 0 Å². The zero-order valence-corrected chi connectivity index (χ0v) is 17.0. The smallest absolute Gasteiger partial charge is 0.251 e. The molecule has 0 aromatic heterocycles. The monoisotopic (exact) mass is 389 g/mol. The molecule has 1 saturated heterocycles. The summed E-state index contributed by atoms with van der Waals surface area (Å²) in [5.74, 6) is 1.57. The molecule has 3 atom stereocenters. The minimum Gasteiger partial charge on any atom is -0.348 e. The van der Waals surface area contributed by atoms with Crippen molar-refractivity contribution in [2.24, 2.45) is 5.92 Å². The number of nitrogens with one attached hydrogen (secondary N) is 2. The van der Waals surface area contributed by atoms with Crippen LogP contribution in [0.1, 0.15) is 53.1 Å². The number of benzene rings is 2. The molecular weight excluding hydrogens is 358 g/mol. The Bertz CT molecular complexity index is 848. The van der Waals surface area contributed by atoms with Crippen LogP contribution in [0.4, 0.5) is 0 Å². The summed E-state index contributed by atoms with van der Waals surface area (Å²) in [6.07, 6.45) is 5.01. The minimum atomic E-state index is 0.0709. The van der Waals surface area contributed by atoms with Gasteiger partial charge in [0, 0.05) is 43.2 Å². The maximum absolute atomic E-state index is 12.8. The second-order valence-electron chi connectivity index (χ2n) is 9.11. The average Bonchev–Trinajstić information content (AvgIpc) is 3.66. The van der Waals surface area contributed by atoms with E-state index in [2.05, 4.69) is 58.0 Å². The molecule has 0 radical (unpaired) electrons. The maximum atomic E-state index is 12.8. The molecule has 1 aliphatic heterocycles. The van der Waals surface area contributed by atoms with Gasteiger partial charge >= 0.3 is 0 Å². The van der Waals surface area contributed by atoms with E-state index in [9.17, 15) is 4.79 Å². The lowest BCUT2D eigenvalue weighted by Crippen LogP contribution is -2.37. The third kappa shape index (κ3) is 4.88. The lowest BCUT2D eigenvalue weighted by atomic mass is 10.1. The first-order valence-corrected chi connectivity index (χ1v) is 11.1. The molecule has 2 saturated carbocycles. The number of carbonyl (C=O) groups is 1. The summed E-state index contributed by atoms with van der Waals surface area (Å²) in [4.78, 5) is 15.2. The summed E-state index contributed by atoms with van der Waals surface area (Å²) in [6.45, 7) is 4.09. The highest BCUT2D eigenvalue weighted by Gasteiger charge is 2.39. The summed E-state index contributed by atoms with van der Waals surface area (Å²) in [6, 6.07) is 19.7. The Balaban J connectivity index is 1.12. The predicted molar refractivity (Wildman–Crippen MR) is 116 cm³/mol. The van der Waals surface area contributed by atoms with Crippen LogP contribution in [-0.2, 0) is 6.54 Å². The van der Waals surface area contributed by atoms with E-state index in [1.807, 2.05) is 12.1 Å². The standard InChI is InChI=1S/C25H31N3O/c29-25(27-22-11-12-28(17-22)16-19-5-2-1-3-6-19)21-8-4-7-20(13-21)23-14-24(23)26-15-18-9-10-18/h1-8,13,18,22-24,26H,9-12,14-17H2,(H,27,29)/t22?,23-,24+/m0/s1. The van der Waals surface area contributed by atoms with E-state index >= 15 is 0 Å². The third-order valence-corrected chi connectivity index (χ3v) is 6.59. The third-order valence-electron chi connectivity index (χ3n) is 6.59. The normalized spacial score (nSPS) is 26.4. The molecule has 1 amide bonds. The van der Waals surface area contributed by atoms with E-state index in [1.165, 1.54) is 36.9 Å². The Morgan fingerprint density at radius 1 is 1.03 bits per heavy atom. The van der Waals surface area contributed by atoms with Gasteiger partial charge in [-0.3, -0.25) is 9.69 Å². The van der Waals surface area contributed by atoms with Crippen molar-refractivity contribution in [1.29, 1.82) is 0 Å². The number of carbonyl (C=O) groups excluding carboxylic acids is 1. The lowest BCUT2D eigenvalue weighted by Gasteiger charge is -2.17. The van der Waals surface area contributed by atoms with E-state index < -0.39 is 0 Å². The second-order valence-corrected chi connectivity index (χ2v) is 9.11. The van der Waals surface area contributed by atoms with Crippen molar-refractivity contribution >= 4 is 5.91 Å². The first-order chi connectivity index (χ1) is 14.2. The van der Waals surface area contributed by atoms with Gasteiger partial charge in [-0.05, 0) is 61.4 Å². The van der Waals surface area contributed by atoms with Gasteiger partial charge in [0.1, 0.15) is 0 Å². The topological polar surface area (TPSA) is 44.4 Å². The number of hydrogen-bond donors (Lipinski definition) is 2. The van der Waals surface area contributed by atoms with Crippen molar-refractivity contribution in [2.75, 3.05) is 19.6 Å². The Morgan fingerprint density at radius 2 is 1.90 bits per heavy atom. The summed E-state index contributed by atoms with van der Waals surface area (Å²) >= 11 is 0. The second kappa shape index (κ2) is 8.29. The van der Waals surface area contributed by atoms with Crippen LogP contribution in [0.3, 0.4) is 0 Å². The van der Waals surface area contributed by atoms with Gasteiger partial charge in [0.2, 0.25) is 0 Å². The molecule has 5 rings (SSSR count). The molecule has 3 aliphatic rings. The first kappa shape index (κ1) is 18.8. The van der Waals surface area contributed by atoms with Crippen molar-refractivity contribution < 1.29 is 4.79 Å². The van der Waals surface area contributed by atoms with Crippen LogP contribution >= 0.6 is 0 Å². The fourth-order valence-electron chi connectivity index (χ4n) is 4.54. The first-order valence-electron chi connectivity index (χ1n) is 11.1. The SMILES string of the molecule is O=C(NC1CCN(Cc2ccccc2)C1)c1cccc([C@@H]2C[C@H]2NCC2CC2)c1. The molecular formula is C25H31N3O. The Morgan fingerprint density at radius 3 is 2.72 bits per heavy atom. The molecule has 0 spiro atoms. The number of nitrogens with zero attached hydrogens (tertiary/aromatic N) is 1. The van der Waals surface area contributed by atoms with Crippen molar-refractivity contribution in [2.45, 2.75) is 50.2 Å². The van der Waals surface area contributed by atoms with E-state index in [4.69, 9.17) is 0 Å². The van der Waals surface area contributed by atoms with Crippen molar-refractivity contribution in [3.05, 3.63) is 71.3 Å². The van der Waals surface area contributed by atoms with Crippen LogP contribution in [0.25, 0.3) is 0 Å². The summed E-state index contributed by atoms with van der Waals surface area (Å²) in [5.41, 5.74) is 3.45. The largest absolute Gasteiger partial charge is 0.348 e. The zero-order valence-electron chi connectivity index (χ0n) is 17.0. The molecule has 2 aromatic rings. The van der Waals surface area contributed by atoms with Gasteiger partial charge in [-0.15, -0.1) is 0 Å². The fraction of sp³-hybridized carbons (Fsp3) is 0.480. The minimum absolute atomic E-state index is 0.0709. The van der Waals surface area contributed by atoms with E-state index in [1.54, 1.807) is 0 Å². The molecule has 2 aliphatic carbocycles. The molecule has 4 nitrogen and oxygen atoms in total. The number of rotatable bonds is 8. The fourth-order valence-corrected chi connectivity index (χ4v) is 4.54. The zero-order chi connectivity index (χ0) is 19.6. The van der Waals surface area contributed by atoms with Gasteiger partial charge in [0.05, 0.1) is 0 Å². The van der Waals surface area contributed by atoms with E-state index in [-0.39, 0.29) is 11.9 Å². The van der Waals surface area contributed by atoms with Crippen molar-refractivity contribution in [3.8, 4) is 0 Å². The molecule has 3 fully saturated rings. The van der Waals surface area contributed by atoms with E-state index in [0.717, 1.165) is 37.5 Å². The van der Waals surface area contributed by atoms with Crippen LogP contribution < -0.4 is 10.6 Å². The van der Waals surface area contributed by atoms with Crippen LogP contribution in [0.15, 0.2) is 54.6 Å². The van der Waals surface area contributed by atoms with Crippen molar-refractivity contribution in [3.63, 3.8) is 0 Å². The summed E-state index contributed by atoms with van der Waals surface area (Å²) in [7, 11) is 0. The van der Waals surface area contributed by atoms with Crippen LogP contribution in [0, 0.1) is 5.92 Å². The lowest BCUT2D eigenvalue weighted by molar-refractivity contribution is 0.0937. The number of likely N-dealkylation sites (tertiary alicyclic amines) is 1. The Hall–Kier alpha value is -2.17. The summed E-state index contributed by atoms with van der Waals surface area (Å²) < 4.78 is 0. The average molecular weight is 390 g/mol. The maximum Gasteiger partial charge on any atom is 0.251 e. The predicted octanol–water partition coefficient (Wildman–Crippen LogP) is 3.55. The molecule has 2 N–H and O–H groups in total. The highest BCUT2D eigenvalue weighted by Crippen LogP contribution is 2.41. The number of hydrogen-bond acceptors (Lipinski definition) is 3. The summed E-state index contributed by atoms with van der Waals surface area (Å²) in [5, 5.41) is 6.95. The molecule has 152 valence electrons. The number of amides is 1. The molecule has 1 heterocycles.